The van der Waals surface area contributed by atoms with Gasteiger partial charge in [-0.3, -0.25) is 47.9 Å². The second-order valence-corrected chi connectivity index (χ2v) is 15.0. The lowest BCUT2D eigenvalue weighted by molar-refractivity contribution is -0.267. The van der Waals surface area contributed by atoms with Gasteiger partial charge in [-0.1, -0.05) is 0 Å². The lowest BCUT2D eigenvalue weighted by atomic mass is 9.88. The minimum absolute atomic E-state index is 0.0899. The average molecular weight is 947 g/mol. The first-order valence-corrected chi connectivity index (χ1v) is 20.1. The zero-order chi connectivity index (χ0) is 49.7. The summed E-state index contributed by atoms with van der Waals surface area (Å²) in [6, 6.07) is 3.28. The fraction of sp³-hybridized carbons (Fsp3) is 0.488. The maximum absolute atomic E-state index is 14.6. The third kappa shape index (κ3) is 11.8. The zero-order valence-electron chi connectivity index (χ0n) is 37.7. The number of fused-ring (bicyclic) bond motifs is 2. The molecule has 67 heavy (non-hydrogen) atoms. The molecule has 1 aromatic heterocycles. The molecule has 2 aliphatic rings. The molecule has 2 fully saturated rings. The van der Waals surface area contributed by atoms with Crippen LogP contribution in [0.2, 0.25) is 0 Å². The second-order valence-electron chi connectivity index (χ2n) is 15.0. The zero-order valence-corrected chi connectivity index (χ0v) is 37.7. The predicted octanol–water partition coefficient (Wildman–Crippen LogP) is 2.14. The summed E-state index contributed by atoms with van der Waals surface area (Å²) in [5.74, 6) is -9.67. The highest BCUT2D eigenvalue weighted by molar-refractivity contribution is 5.98. The summed E-state index contributed by atoms with van der Waals surface area (Å²) in [7, 11) is 1.23. The Balaban J connectivity index is 1.81. The van der Waals surface area contributed by atoms with E-state index >= 15 is 0 Å². The highest BCUT2D eigenvalue weighted by Gasteiger charge is 2.59. The maximum Gasteiger partial charge on any atom is 0.308 e. The molecule has 2 saturated heterocycles. The van der Waals surface area contributed by atoms with Crippen LogP contribution in [0.25, 0.3) is 21.9 Å². The first-order valence-electron chi connectivity index (χ1n) is 20.1. The molecule has 0 aliphatic carbocycles. The SMILES string of the molecule is COc1cc2c(=O)c3c(OC(C)=O)cc(OC(C)=O)c([C@@H]4O[C@H](CO[C@@H]5OC[C@@](COC(C)=O)(OC(C)=O)[C@H]5OC(C)=O)[C@@H](OC(C)=O)[C@H](OC(C)=O)[C@H]4OC(C)=O)c3oc2cc1OC(C)=O. The van der Waals surface area contributed by atoms with Crippen molar-refractivity contribution in [1.82, 2.24) is 0 Å². The molecule has 0 amide bonds. The lowest BCUT2D eigenvalue weighted by Crippen LogP contribution is -2.60. The number of methoxy groups -OCH3 is 1. The number of ether oxygens (including phenoxy) is 13. The van der Waals surface area contributed by atoms with E-state index in [0.29, 0.717) is 0 Å². The third-order valence-corrected chi connectivity index (χ3v) is 9.62. The fourth-order valence-electron chi connectivity index (χ4n) is 7.45. The Morgan fingerprint density at radius 2 is 1.19 bits per heavy atom. The van der Waals surface area contributed by atoms with Gasteiger partial charge in [-0.15, -0.1) is 0 Å². The molecule has 8 atom stereocenters. The number of benzene rings is 2. The quantitative estimate of drug-likeness (QED) is 0.0912. The van der Waals surface area contributed by atoms with Gasteiger partial charge in [0.1, 0.15) is 41.3 Å². The Morgan fingerprint density at radius 3 is 1.75 bits per heavy atom. The van der Waals surface area contributed by atoms with Crippen molar-refractivity contribution in [1.29, 1.82) is 0 Å². The molecule has 2 aromatic carbocycles. The summed E-state index contributed by atoms with van der Waals surface area (Å²) < 4.78 is 79.6. The molecule has 362 valence electrons. The van der Waals surface area contributed by atoms with E-state index in [4.69, 9.17) is 66.0 Å². The van der Waals surface area contributed by atoms with E-state index in [1.54, 1.807) is 0 Å². The van der Waals surface area contributed by atoms with Crippen LogP contribution < -0.4 is 24.4 Å². The standard InChI is InChI=1S/C43H46O24/c1-17(44)56-15-43(67-25(9)52)16-57-42(41(43)64-24(8)51)55-14-32-36(61-21(5)48)39(62-22(6)49)40(63-23(7)50)38(66-32)34-31(60-20(4)47)13-30(59-19(3)46)33-35(53)26-11-28(54-10)29(58-18(2)45)12-27(26)65-37(33)34/h11-13,32,36,38-42H,14-16H2,1-10H3/t32-,36-,38+,39+,40+,41+,42-,43-/m1/s1. The van der Waals surface area contributed by atoms with E-state index in [2.05, 4.69) is 0 Å². The smallest absolute Gasteiger partial charge is 0.308 e. The van der Waals surface area contributed by atoms with Crippen LogP contribution >= 0.6 is 0 Å². The number of carbonyl (C=O) groups excluding carboxylic acids is 9. The van der Waals surface area contributed by atoms with E-state index in [0.717, 1.165) is 74.4 Å². The van der Waals surface area contributed by atoms with Crippen LogP contribution in [0.1, 0.15) is 74.0 Å². The molecule has 0 saturated carbocycles. The summed E-state index contributed by atoms with van der Waals surface area (Å²) in [5, 5.41) is -0.699. The van der Waals surface area contributed by atoms with Gasteiger partial charge < -0.3 is 66.0 Å². The van der Waals surface area contributed by atoms with Crippen molar-refractivity contribution in [3.05, 3.63) is 34.0 Å². The van der Waals surface area contributed by atoms with Gasteiger partial charge in [-0.25, -0.2) is 0 Å². The number of esters is 9. The van der Waals surface area contributed by atoms with Gasteiger partial charge in [0.15, 0.2) is 47.8 Å². The van der Waals surface area contributed by atoms with Crippen LogP contribution in [0.15, 0.2) is 27.4 Å². The van der Waals surface area contributed by atoms with Gasteiger partial charge in [0.05, 0.1) is 31.3 Å². The monoisotopic (exact) mass is 946 g/mol. The van der Waals surface area contributed by atoms with Crippen LogP contribution in [0.3, 0.4) is 0 Å². The summed E-state index contributed by atoms with van der Waals surface area (Å²) in [6.45, 7) is 7.19. The van der Waals surface area contributed by atoms with Crippen molar-refractivity contribution >= 4 is 75.7 Å². The van der Waals surface area contributed by atoms with Gasteiger partial charge >= 0.3 is 53.7 Å². The minimum Gasteiger partial charge on any atom is -0.493 e. The molecule has 0 radical (unpaired) electrons. The fourth-order valence-corrected chi connectivity index (χ4v) is 7.45. The normalized spacial score (nSPS) is 23.3. The van der Waals surface area contributed by atoms with Crippen molar-refractivity contribution in [3.8, 4) is 23.0 Å². The summed E-state index contributed by atoms with van der Waals surface area (Å²) in [6.07, 6.45) is -12.3. The van der Waals surface area contributed by atoms with Gasteiger partial charge in [-0.2, -0.15) is 0 Å². The minimum atomic E-state index is -1.96. The van der Waals surface area contributed by atoms with Crippen LogP contribution in [0, 0.1) is 0 Å². The third-order valence-electron chi connectivity index (χ3n) is 9.62. The lowest BCUT2D eigenvalue weighted by Gasteiger charge is -2.45. The number of carbonyl (C=O) groups is 9. The Labute approximate surface area is 379 Å². The molecule has 24 heteroatoms. The predicted molar refractivity (Wildman–Crippen MR) is 217 cm³/mol. The van der Waals surface area contributed by atoms with Crippen LogP contribution in [0.4, 0.5) is 0 Å². The molecule has 24 nitrogen and oxygen atoms in total. The first kappa shape index (κ1) is 50.8. The Kier molecular flexibility index (Phi) is 15.9. The molecule has 2 aliphatic heterocycles. The highest BCUT2D eigenvalue weighted by atomic mass is 16.7. The van der Waals surface area contributed by atoms with E-state index in [9.17, 15) is 47.9 Å². The summed E-state index contributed by atoms with van der Waals surface area (Å²) in [4.78, 5) is 127. The summed E-state index contributed by atoms with van der Waals surface area (Å²) in [5.41, 5.74) is -4.12. The van der Waals surface area contributed by atoms with E-state index in [1.165, 1.54) is 13.2 Å². The van der Waals surface area contributed by atoms with Crippen LogP contribution in [-0.4, -0.2) is 123 Å². The molecule has 0 bridgehead atoms. The highest BCUT2D eigenvalue weighted by Crippen LogP contribution is 2.47. The summed E-state index contributed by atoms with van der Waals surface area (Å²) >= 11 is 0. The Bertz CT molecular complexity index is 2560. The van der Waals surface area contributed by atoms with Crippen molar-refractivity contribution < 1.29 is 109 Å². The van der Waals surface area contributed by atoms with E-state index in [-0.39, 0.29) is 22.5 Å². The van der Waals surface area contributed by atoms with E-state index in [1.807, 2.05) is 0 Å². The molecule has 0 unspecified atom stereocenters. The van der Waals surface area contributed by atoms with Gasteiger partial charge in [-0.05, 0) is 6.07 Å². The van der Waals surface area contributed by atoms with Gasteiger partial charge in [0.2, 0.25) is 11.0 Å². The van der Waals surface area contributed by atoms with Crippen molar-refractivity contribution in [3.63, 3.8) is 0 Å². The molecule has 0 spiro atoms. The van der Waals surface area contributed by atoms with Crippen molar-refractivity contribution in [2.24, 2.45) is 0 Å². The largest absolute Gasteiger partial charge is 0.493 e. The molecule has 5 rings (SSSR count). The average Bonchev–Trinajstić information content (AvgIpc) is 3.51. The van der Waals surface area contributed by atoms with Gasteiger partial charge in [0.25, 0.3) is 0 Å². The molecular formula is C43H46O24. The molecule has 3 heterocycles. The first-order chi connectivity index (χ1) is 31.4. The van der Waals surface area contributed by atoms with Crippen LogP contribution in [-0.2, 0) is 85.8 Å². The Hall–Kier alpha value is -7.18. The number of hydrogen-bond donors (Lipinski definition) is 0. The van der Waals surface area contributed by atoms with Crippen molar-refractivity contribution in [2.75, 3.05) is 26.9 Å². The topological polar surface area (TPSA) is 304 Å². The van der Waals surface area contributed by atoms with Gasteiger partial charge in [0, 0.05) is 74.4 Å². The molecule has 3 aromatic rings. The number of rotatable bonds is 15. The van der Waals surface area contributed by atoms with Crippen molar-refractivity contribution in [2.45, 2.75) is 111 Å². The van der Waals surface area contributed by atoms with E-state index < -0.39 is 156 Å². The maximum atomic E-state index is 14.6. The molecular weight excluding hydrogens is 900 g/mol. The Morgan fingerprint density at radius 1 is 0.627 bits per heavy atom. The number of hydrogen-bond acceptors (Lipinski definition) is 24. The van der Waals surface area contributed by atoms with Crippen LogP contribution in [0.5, 0.6) is 23.0 Å². The second kappa shape index (κ2) is 21.0. The molecule has 0 N–H and O–H groups in total.